The summed E-state index contributed by atoms with van der Waals surface area (Å²) in [7, 11) is 1.19. The lowest BCUT2D eigenvalue weighted by Gasteiger charge is -2.29. The van der Waals surface area contributed by atoms with E-state index in [4.69, 9.17) is 9.05 Å². The maximum absolute atomic E-state index is 12.7. The number of likely N-dealkylation sites (N-methyl/N-ethyl adjacent to an activating group) is 1. The molecule has 0 rings (SSSR count). The second-order valence-electron chi connectivity index (χ2n) is 14.6. The van der Waals surface area contributed by atoms with Crippen LogP contribution in [0.5, 0.6) is 0 Å². The molecule has 3 unspecified atom stereocenters. The Morgan fingerprint density at radius 1 is 0.686 bits per heavy atom. The number of allylic oxidation sites excluding steroid dienone is 9. The van der Waals surface area contributed by atoms with Crippen molar-refractivity contribution in [1.29, 1.82) is 0 Å². The number of amides is 1. The van der Waals surface area contributed by atoms with Crippen molar-refractivity contribution in [3.63, 3.8) is 0 Å². The van der Waals surface area contributed by atoms with Gasteiger partial charge in [-0.2, -0.15) is 0 Å². The van der Waals surface area contributed by atoms with E-state index in [-0.39, 0.29) is 18.9 Å². The molecule has 0 aromatic carbocycles. The molecule has 0 heterocycles. The highest BCUT2D eigenvalue weighted by molar-refractivity contribution is 7.45. The Labute approximate surface area is 313 Å². The van der Waals surface area contributed by atoms with Crippen molar-refractivity contribution in [2.75, 3.05) is 40.9 Å². The fourth-order valence-corrected chi connectivity index (χ4v) is 5.90. The Hall–Kier alpha value is -1.80. The average molecular weight is 737 g/mol. The molecule has 9 heteroatoms. The van der Waals surface area contributed by atoms with Crippen molar-refractivity contribution >= 4 is 13.7 Å². The van der Waals surface area contributed by atoms with E-state index in [0.717, 1.165) is 38.5 Å². The van der Waals surface area contributed by atoms with Crippen molar-refractivity contribution in [3.05, 3.63) is 60.8 Å². The summed E-state index contributed by atoms with van der Waals surface area (Å²) in [6.07, 6.45) is 42.8. The van der Waals surface area contributed by atoms with Gasteiger partial charge in [-0.3, -0.25) is 9.36 Å². The van der Waals surface area contributed by atoms with Crippen LogP contribution in [-0.2, 0) is 18.4 Å². The van der Waals surface area contributed by atoms with E-state index < -0.39 is 26.6 Å². The highest BCUT2D eigenvalue weighted by Gasteiger charge is 2.23. The molecule has 0 fully saturated rings. The standard InChI is InChI=1S/C42H77N2O6P/c1-6-8-10-12-14-16-18-20-21-22-24-25-27-29-31-33-35-41(45)40(39-50-51(47,48)49-38-37-44(3,4)5)43-42(46)36-34-32-30-28-26-23-19-17-15-13-11-9-7-2/h20-21,23,25-27,30,32-33,35,40-41,45H,6-19,22,24,28-29,31,34,36-39H2,1-5H3,(H-,43,46,47,48)/b21-20+,26-23-,27-25+,32-30-,35-33+. The zero-order valence-electron chi connectivity index (χ0n) is 33.3. The molecule has 0 aliphatic heterocycles. The predicted octanol–water partition coefficient (Wildman–Crippen LogP) is 10.1. The third-order valence-electron chi connectivity index (χ3n) is 8.44. The normalized spacial score (nSPS) is 15.2. The van der Waals surface area contributed by atoms with Gasteiger partial charge in [-0.05, 0) is 64.2 Å². The summed E-state index contributed by atoms with van der Waals surface area (Å²) in [5, 5.41) is 13.6. The first-order valence-electron chi connectivity index (χ1n) is 20.2. The number of aliphatic hydroxyl groups excluding tert-OH is 1. The maximum Gasteiger partial charge on any atom is 0.268 e. The van der Waals surface area contributed by atoms with Crippen LogP contribution in [-0.4, -0.2) is 68.5 Å². The molecule has 0 saturated heterocycles. The van der Waals surface area contributed by atoms with Crippen molar-refractivity contribution in [3.8, 4) is 0 Å². The van der Waals surface area contributed by atoms with E-state index in [1.807, 2.05) is 39.4 Å². The number of nitrogens with one attached hydrogen (secondary N) is 1. The van der Waals surface area contributed by atoms with Gasteiger partial charge in [0.1, 0.15) is 13.2 Å². The van der Waals surface area contributed by atoms with Gasteiger partial charge in [0, 0.05) is 6.42 Å². The highest BCUT2D eigenvalue weighted by atomic mass is 31.2. The number of unbranched alkanes of at least 4 members (excludes halogenated alkanes) is 14. The molecule has 0 saturated carbocycles. The van der Waals surface area contributed by atoms with E-state index >= 15 is 0 Å². The van der Waals surface area contributed by atoms with E-state index in [9.17, 15) is 19.4 Å². The molecule has 0 spiro atoms. The number of aliphatic hydroxyl groups is 1. The quantitative estimate of drug-likeness (QED) is 0.0290. The minimum Gasteiger partial charge on any atom is -0.756 e. The fourth-order valence-electron chi connectivity index (χ4n) is 5.17. The monoisotopic (exact) mass is 737 g/mol. The van der Waals surface area contributed by atoms with Crippen LogP contribution < -0.4 is 10.2 Å². The highest BCUT2D eigenvalue weighted by Crippen LogP contribution is 2.38. The van der Waals surface area contributed by atoms with Gasteiger partial charge in [0.25, 0.3) is 7.82 Å². The summed E-state index contributed by atoms with van der Waals surface area (Å²) in [4.78, 5) is 25.1. The van der Waals surface area contributed by atoms with Gasteiger partial charge in [0.15, 0.2) is 0 Å². The average Bonchev–Trinajstić information content (AvgIpc) is 3.07. The van der Waals surface area contributed by atoms with Gasteiger partial charge in [-0.25, -0.2) is 0 Å². The van der Waals surface area contributed by atoms with Gasteiger partial charge in [0.2, 0.25) is 5.91 Å². The number of phosphoric acid groups is 1. The molecular formula is C42H77N2O6P. The minimum absolute atomic E-state index is 0.0205. The number of rotatable bonds is 35. The first-order valence-corrected chi connectivity index (χ1v) is 21.6. The molecule has 0 aromatic rings. The number of carbonyl (C=O) groups excluding carboxylic acids is 1. The van der Waals surface area contributed by atoms with Crippen molar-refractivity contribution in [2.24, 2.45) is 0 Å². The predicted molar refractivity (Wildman–Crippen MR) is 214 cm³/mol. The van der Waals surface area contributed by atoms with Crippen LogP contribution >= 0.6 is 7.82 Å². The second kappa shape index (κ2) is 34.0. The van der Waals surface area contributed by atoms with E-state index in [1.54, 1.807) is 6.08 Å². The molecule has 2 N–H and O–H groups in total. The van der Waals surface area contributed by atoms with Crippen molar-refractivity contribution < 1.29 is 32.9 Å². The first kappa shape index (κ1) is 49.2. The van der Waals surface area contributed by atoms with E-state index in [1.165, 1.54) is 83.5 Å². The summed E-state index contributed by atoms with van der Waals surface area (Å²) in [6, 6.07) is -0.939. The Kier molecular flexibility index (Phi) is 32.8. The molecule has 3 atom stereocenters. The number of phosphoric ester groups is 1. The van der Waals surface area contributed by atoms with Crippen molar-refractivity contribution in [2.45, 2.75) is 161 Å². The van der Waals surface area contributed by atoms with Gasteiger partial charge in [-0.1, -0.05) is 139 Å². The molecule has 0 radical (unpaired) electrons. The van der Waals surface area contributed by atoms with Crippen LogP contribution in [0.15, 0.2) is 60.8 Å². The summed E-state index contributed by atoms with van der Waals surface area (Å²) in [6.45, 7) is 4.52. The molecule has 296 valence electrons. The fraction of sp³-hybridized carbons (Fsp3) is 0.738. The van der Waals surface area contributed by atoms with Crippen LogP contribution in [0.25, 0.3) is 0 Å². The molecule has 0 aromatic heterocycles. The third-order valence-corrected chi connectivity index (χ3v) is 9.41. The summed E-state index contributed by atoms with van der Waals surface area (Å²) < 4.78 is 23.1. The van der Waals surface area contributed by atoms with Gasteiger partial charge >= 0.3 is 0 Å². The molecule has 51 heavy (non-hydrogen) atoms. The Bertz CT molecular complexity index is 1020. The SMILES string of the molecule is CCCCCCCC/C=C\C/C=C\CCC(=O)NC(COP(=O)([O-])OCC[N+](C)(C)C)C(O)/C=C/CC/C=C/CC/C=C/CCCCCCCC. The Morgan fingerprint density at radius 3 is 1.71 bits per heavy atom. The van der Waals surface area contributed by atoms with Crippen LogP contribution in [0.1, 0.15) is 149 Å². The smallest absolute Gasteiger partial charge is 0.268 e. The number of carbonyl (C=O) groups is 1. The maximum atomic E-state index is 12.7. The van der Waals surface area contributed by atoms with Gasteiger partial charge in [0.05, 0.1) is 39.9 Å². The zero-order chi connectivity index (χ0) is 37.9. The molecule has 0 aliphatic carbocycles. The first-order chi connectivity index (χ1) is 24.5. The zero-order valence-corrected chi connectivity index (χ0v) is 34.2. The molecule has 1 amide bonds. The number of nitrogens with zero attached hydrogens (tertiary/aromatic N) is 1. The Balaban J connectivity index is 4.69. The largest absolute Gasteiger partial charge is 0.756 e. The molecular weight excluding hydrogens is 659 g/mol. The van der Waals surface area contributed by atoms with E-state index in [2.05, 4.69) is 55.6 Å². The number of quaternary nitrogens is 1. The minimum atomic E-state index is -4.61. The van der Waals surface area contributed by atoms with Gasteiger partial charge < -0.3 is 28.8 Å². The molecule has 0 aliphatic rings. The second-order valence-corrected chi connectivity index (χ2v) is 16.0. The number of hydrogen-bond acceptors (Lipinski definition) is 6. The van der Waals surface area contributed by atoms with Crippen LogP contribution in [0.4, 0.5) is 0 Å². The lowest BCUT2D eigenvalue weighted by Crippen LogP contribution is -2.45. The van der Waals surface area contributed by atoms with E-state index in [0.29, 0.717) is 17.4 Å². The van der Waals surface area contributed by atoms with Crippen LogP contribution in [0.2, 0.25) is 0 Å². The number of hydrogen-bond donors (Lipinski definition) is 2. The summed E-state index contributed by atoms with van der Waals surface area (Å²) in [5.74, 6) is -0.282. The summed E-state index contributed by atoms with van der Waals surface area (Å²) in [5.41, 5.74) is 0. The lowest BCUT2D eigenvalue weighted by atomic mass is 10.1. The lowest BCUT2D eigenvalue weighted by molar-refractivity contribution is -0.870. The van der Waals surface area contributed by atoms with Crippen LogP contribution in [0, 0.1) is 0 Å². The topological polar surface area (TPSA) is 108 Å². The van der Waals surface area contributed by atoms with Crippen LogP contribution in [0.3, 0.4) is 0 Å². The Morgan fingerprint density at radius 2 is 1.16 bits per heavy atom. The molecule has 0 bridgehead atoms. The van der Waals surface area contributed by atoms with Gasteiger partial charge in [-0.15, -0.1) is 0 Å². The molecule has 8 nitrogen and oxygen atoms in total. The third kappa shape index (κ3) is 36.4. The van der Waals surface area contributed by atoms with Crippen molar-refractivity contribution in [1.82, 2.24) is 5.32 Å². The summed E-state index contributed by atoms with van der Waals surface area (Å²) >= 11 is 0.